The first-order chi connectivity index (χ1) is 15.7. The molecule has 1 aliphatic rings. The smallest absolute Gasteiger partial charge is 0.338 e. The van der Waals surface area contributed by atoms with E-state index in [-0.39, 0.29) is 22.4 Å². The average Bonchev–Trinajstić information content (AvgIpc) is 3.14. The maximum absolute atomic E-state index is 12.7. The van der Waals surface area contributed by atoms with Crippen LogP contribution in [0.15, 0.2) is 77.7 Å². The monoisotopic (exact) mass is 576 g/mol. The van der Waals surface area contributed by atoms with Gasteiger partial charge < -0.3 is 9.64 Å². The van der Waals surface area contributed by atoms with Gasteiger partial charge in [0, 0.05) is 21.0 Å². The van der Waals surface area contributed by atoms with Crippen molar-refractivity contribution in [3.63, 3.8) is 0 Å². The van der Waals surface area contributed by atoms with E-state index < -0.39 is 22.6 Å². The highest BCUT2D eigenvalue weighted by Crippen LogP contribution is 2.31. The average molecular weight is 576 g/mol. The van der Waals surface area contributed by atoms with E-state index in [0.717, 1.165) is 21.2 Å². The van der Waals surface area contributed by atoms with Crippen LogP contribution in [0, 0.1) is 3.57 Å². The molecular weight excluding hydrogens is 555 g/mol. The SMILES string of the molecule is CC1Cc2ccccc2N1C(=O)COC(=O)c1cccc(S(=O)(=O)Nc2ccc(I)cc2)c1. The van der Waals surface area contributed by atoms with Gasteiger partial charge in [-0.3, -0.25) is 9.52 Å². The molecule has 0 radical (unpaired) electrons. The number of benzene rings is 3. The predicted octanol–water partition coefficient (Wildman–Crippen LogP) is 4.23. The zero-order chi connectivity index (χ0) is 23.6. The quantitative estimate of drug-likeness (QED) is 0.351. The summed E-state index contributed by atoms with van der Waals surface area (Å²) in [6, 6.07) is 20.0. The van der Waals surface area contributed by atoms with Gasteiger partial charge in [-0.15, -0.1) is 0 Å². The van der Waals surface area contributed by atoms with Gasteiger partial charge in [-0.25, -0.2) is 13.2 Å². The number of carbonyl (C=O) groups is 2. The number of hydrogen-bond acceptors (Lipinski definition) is 5. The summed E-state index contributed by atoms with van der Waals surface area (Å²) in [5.74, 6) is -1.10. The number of rotatable bonds is 6. The number of sulfonamides is 1. The van der Waals surface area contributed by atoms with E-state index in [2.05, 4.69) is 27.3 Å². The van der Waals surface area contributed by atoms with Crippen molar-refractivity contribution >= 4 is 55.9 Å². The van der Waals surface area contributed by atoms with Crippen LogP contribution < -0.4 is 9.62 Å². The number of hydrogen-bond donors (Lipinski definition) is 1. The maximum Gasteiger partial charge on any atom is 0.338 e. The summed E-state index contributed by atoms with van der Waals surface area (Å²) in [7, 11) is -3.90. The normalized spacial score (nSPS) is 15.1. The Balaban J connectivity index is 1.44. The largest absolute Gasteiger partial charge is 0.452 e. The summed E-state index contributed by atoms with van der Waals surface area (Å²) in [4.78, 5) is 26.9. The molecule has 1 amide bonds. The third kappa shape index (κ3) is 5.19. The first-order valence-electron chi connectivity index (χ1n) is 10.2. The van der Waals surface area contributed by atoms with Crippen molar-refractivity contribution in [3.05, 3.63) is 87.5 Å². The van der Waals surface area contributed by atoms with Crippen molar-refractivity contribution in [1.82, 2.24) is 0 Å². The van der Waals surface area contributed by atoms with Crippen molar-refractivity contribution in [1.29, 1.82) is 0 Å². The second kappa shape index (κ2) is 9.52. The molecule has 1 heterocycles. The van der Waals surface area contributed by atoms with Gasteiger partial charge in [0.05, 0.1) is 10.5 Å². The summed E-state index contributed by atoms with van der Waals surface area (Å²) in [5, 5.41) is 0. The lowest BCUT2D eigenvalue weighted by atomic mass is 10.1. The van der Waals surface area contributed by atoms with E-state index >= 15 is 0 Å². The molecule has 1 unspecified atom stereocenters. The van der Waals surface area contributed by atoms with E-state index in [1.807, 2.05) is 31.2 Å². The summed E-state index contributed by atoms with van der Waals surface area (Å²) >= 11 is 2.13. The highest BCUT2D eigenvalue weighted by Gasteiger charge is 2.31. The molecule has 9 heteroatoms. The van der Waals surface area contributed by atoms with Gasteiger partial charge in [-0.1, -0.05) is 24.3 Å². The fourth-order valence-electron chi connectivity index (χ4n) is 3.75. The molecule has 33 heavy (non-hydrogen) atoms. The molecule has 0 aromatic heterocycles. The van der Waals surface area contributed by atoms with Crippen LogP contribution in [0.25, 0.3) is 0 Å². The molecule has 1 N–H and O–H groups in total. The molecule has 3 aromatic carbocycles. The Morgan fingerprint density at radius 3 is 2.55 bits per heavy atom. The van der Waals surface area contributed by atoms with Crippen LogP contribution >= 0.6 is 22.6 Å². The molecule has 0 fully saturated rings. The van der Waals surface area contributed by atoms with E-state index in [4.69, 9.17) is 4.74 Å². The molecule has 7 nitrogen and oxygen atoms in total. The van der Waals surface area contributed by atoms with Gasteiger partial charge >= 0.3 is 5.97 Å². The summed E-state index contributed by atoms with van der Waals surface area (Å²) < 4.78 is 34.1. The number of fused-ring (bicyclic) bond motifs is 1. The van der Waals surface area contributed by atoms with Gasteiger partial charge in [0.15, 0.2) is 6.61 Å². The highest BCUT2D eigenvalue weighted by molar-refractivity contribution is 14.1. The zero-order valence-electron chi connectivity index (χ0n) is 17.7. The number of anilines is 2. The maximum atomic E-state index is 12.7. The van der Waals surface area contributed by atoms with Crippen LogP contribution in [-0.2, 0) is 26.0 Å². The summed E-state index contributed by atoms with van der Waals surface area (Å²) in [6.07, 6.45) is 0.739. The first kappa shape index (κ1) is 23.2. The van der Waals surface area contributed by atoms with Gasteiger partial charge in [0.1, 0.15) is 0 Å². The zero-order valence-corrected chi connectivity index (χ0v) is 20.7. The summed E-state index contributed by atoms with van der Waals surface area (Å²) in [5.41, 5.74) is 2.35. The third-order valence-corrected chi connectivity index (χ3v) is 7.38. The highest BCUT2D eigenvalue weighted by atomic mass is 127. The van der Waals surface area contributed by atoms with Crippen molar-refractivity contribution in [3.8, 4) is 0 Å². The Morgan fingerprint density at radius 2 is 1.79 bits per heavy atom. The van der Waals surface area contributed by atoms with Crippen LogP contribution in [0.2, 0.25) is 0 Å². The van der Waals surface area contributed by atoms with Gasteiger partial charge in [-0.05, 0) is 90.0 Å². The second-order valence-corrected chi connectivity index (χ2v) is 10.6. The molecule has 0 bridgehead atoms. The second-order valence-electron chi connectivity index (χ2n) is 7.66. The molecule has 0 saturated heterocycles. The Labute approximate surface area is 205 Å². The number of para-hydroxylation sites is 1. The minimum Gasteiger partial charge on any atom is -0.452 e. The first-order valence-corrected chi connectivity index (χ1v) is 12.8. The molecule has 0 saturated carbocycles. The third-order valence-electron chi connectivity index (χ3n) is 5.28. The van der Waals surface area contributed by atoms with Gasteiger partial charge in [0.25, 0.3) is 15.9 Å². The molecular formula is C24H21IN2O5S. The molecule has 3 aromatic rings. The Kier molecular flexibility index (Phi) is 6.71. The number of nitrogens with zero attached hydrogens (tertiary/aromatic N) is 1. The Hall–Kier alpha value is -2.92. The van der Waals surface area contributed by atoms with Gasteiger partial charge in [0.2, 0.25) is 0 Å². The Morgan fingerprint density at radius 1 is 1.06 bits per heavy atom. The molecule has 4 rings (SSSR count). The van der Waals surface area contributed by atoms with Gasteiger partial charge in [-0.2, -0.15) is 0 Å². The fraction of sp³-hybridized carbons (Fsp3) is 0.167. The minimum atomic E-state index is -3.90. The molecule has 1 atom stereocenters. The van der Waals surface area contributed by atoms with Crippen LogP contribution in [0.3, 0.4) is 0 Å². The Bertz CT molecular complexity index is 1310. The molecule has 0 spiro atoms. The minimum absolute atomic E-state index is 0.0329. The van der Waals surface area contributed by atoms with E-state index in [0.29, 0.717) is 5.69 Å². The van der Waals surface area contributed by atoms with Crippen LogP contribution in [0.5, 0.6) is 0 Å². The van der Waals surface area contributed by atoms with E-state index in [1.54, 1.807) is 29.2 Å². The molecule has 0 aliphatic carbocycles. The lowest BCUT2D eigenvalue weighted by Gasteiger charge is -2.22. The van der Waals surface area contributed by atoms with Crippen LogP contribution in [0.1, 0.15) is 22.8 Å². The van der Waals surface area contributed by atoms with E-state index in [1.165, 1.54) is 24.3 Å². The predicted molar refractivity (Wildman–Crippen MR) is 134 cm³/mol. The molecule has 1 aliphatic heterocycles. The number of halogens is 1. The van der Waals surface area contributed by atoms with Crippen molar-refractivity contribution < 1.29 is 22.7 Å². The topological polar surface area (TPSA) is 92.8 Å². The number of nitrogens with one attached hydrogen (secondary N) is 1. The van der Waals surface area contributed by atoms with Crippen LogP contribution in [-0.4, -0.2) is 32.9 Å². The summed E-state index contributed by atoms with van der Waals surface area (Å²) in [6.45, 7) is 1.50. The van der Waals surface area contributed by atoms with E-state index in [9.17, 15) is 18.0 Å². The van der Waals surface area contributed by atoms with Crippen molar-refractivity contribution in [2.75, 3.05) is 16.2 Å². The van der Waals surface area contributed by atoms with Crippen molar-refractivity contribution in [2.45, 2.75) is 24.3 Å². The number of esters is 1. The number of amides is 1. The lowest BCUT2D eigenvalue weighted by molar-refractivity contribution is -0.122. The van der Waals surface area contributed by atoms with Crippen molar-refractivity contribution in [2.24, 2.45) is 0 Å². The number of ether oxygens (including phenoxy) is 1. The lowest BCUT2D eigenvalue weighted by Crippen LogP contribution is -2.38. The standard InChI is InChI=1S/C24H21IN2O5S/c1-16-13-17-5-2-3-8-22(17)27(16)23(28)15-32-24(29)18-6-4-7-21(14-18)33(30,31)26-20-11-9-19(25)10-12-20/h2-12,14,16,26H,13,15H2,1H3. The van der Waals surface area contributed by atoms with Crippen LogP contribution in [0.4, 0.5) is 11.4 Å². The fourth-order valence-corrected chi connectivity index (χ4v) is 5.21. The number of carbonyl (C=O) groups excluding carboxylic acids is 2. The molecule has 170 valence electrons.